The quantitative estimate of drug-likeness (QED) is 0.481. The van der Waals surface area contributed by atoms with Crippen LogP contribution in [0.25, 0.3) is 0 Å². The minimum absolute atomic E-state index is 0. The number of thiophene rings is 1. The van der Waals surface area contributed by atoms with Crippen molar-refractivity contribution in [1.29, 1.82) is 0 Å². The average Bonchev–Trinajstić information content (AvgIpc) is 3.41. The van der Waals surface area contributed by atoms with Crippen molar-refractivity contribution in [3.05, 3.63) is 68.9 Å². The van der Waals surface area contributed by atoms with Gasteiger partial charge in [0.25, 0.3) is 0 Å². The fourth-order valence-corrected chi connectivity index (χ4v) is 6.12. The number of rotatable bonds is 8. The zero-order valence-corrected chi connectivity index (χ0v) is 21.9. The van der Waals surface area contributed by atoms with E-state index in [9.17, 15) is 9.90 Å². The van der Waals surface area contributed by atoms with Crippen LogP contribution in [0.1, 0.15) is 65.0 Å². The van der Waals surface area contributed by atoms with Gasteiger partial charge >= 0.3 is 29.6 Å². The molecule has 0 saturated heterocycles. The number of hydrogen-bond donors (Lipinski definition) is 0. The largest absolute Gasteiger partial charge is 1.00 e. The predicted octanol–water partition coefficient (Wildman–Crippen LogP) is 2.11. The smallest absolute Gasteiger partial charge is 0.550 e. The van der Waals surface area contributed by atoms with Crippen LogP contribution in [0.15, 0.2) is 47.8 Å². The monoisotopic (exact) mass is 462 g/mol. The van der Waals surface area contributed by atoms with E-state index >= 15 is 0 Å². The van der Waals surface area contributed by atoms with E-state index in [1.54, 1.807) is 22.7 Å². The van der Waals surface area contributed by atoms with Gasteiger partial charge in [-0.05, 0) is 56.2 Å². The molecule has 0 bridgehead atoms. The topological polar surface area (TPSA) is 56.3 Å². The Morgan fingerprint density at radius 1 is 1.10 bits per heavy atom. The minimum Gasteiger partial charge on any atom is -0.550 e. The van der Waals surface area contributed by atoms with Crippen LogP contribution < -0.4 is 39.6 Å². The Kier molecular flexibility index (Phi) is 9.17. The van der Waals surface area contributed by atoms with Gasteiger partial charge in [0.1, 0.15) is 0 Å². The number of anilines is 1. The van der Waals surface area contributed by atoms with Crippen LogP contribution in [-0.4, -0.2) is 17.5 Å². The maximum absolute atomic E-state index is 11.0. The number of thiazole rings is 1. The fourth-order valence-electron chi connectivity index (χ4n) is 4.28. The molecule has 158 valence electrons. The molecule has 4 nitrogen and oxygen atoms in total. The molecule has 2 heterocycles. The second-order valence-electron chi connectivity index (χ2n) is 8.07. The second-order valence-corrected chi connectivity index (χ2v) is 10.3. The Hall–Kier alpha value is -1.18. The van der Waals surface area contributed by atoms with E-state index in [4.69, 9.17) is 4.98 Å². The summed E-state index contributed by atoms with van der Waals surface area (Å²) in [4.78, 5) is 20.6. The summed E-state index contributed by atoms with van der Waals surface area (Å²) >= 11 is 3.38. The molecule has 0 amide bonds. The molecule has 1 fully saturated rings. The summed E-state index contributed by atoms with van der Waals surface area (Å²) in [6.07, 6.45) is 4.73. The van der Waals surface area contributed by atoms with E-state index in [1.165, 1.54) is 33.9 Å². The number of aryl methyl sites for hydroxylation is 1. The van der Waals surface area contributed by atoms with Crippen molar-refractivity contribution < 1.29 is 39.5 Å². The van der Waals surface area contributed by atoms with Gasteiger partial charge in [-0.2, -0.15) is 0 Å². The van der Waals surface area contributed by atoms with Gasteiger partial charge in [-0.3, -0.25) is 0 Å². The Morgan fingerprint density at radius 2 is 1.81 bits per heavy atom. The SMILES string of the molecule is Cc1ccc(CN(CCC(=O)[O-])c2nc(C3CCC(c4ccccc4)CC3)cs2)s1.[Na+]. The van der Waals surface area contributed by atoms with Crippen molar-refractivity contribution in [2.75, 3.05) is 11.4 Å². The van der Waals surface area contributed by atoms with Gasteiger partial charge in [-0.25, -0.2) is 4.98 Å². The van der Waals surface area contributed by atoms with Crippen molar-refractivity contribution in [3.63, 3.8) is 0 Å². The summed E-state index contributed by atoms with van der Waals surface area (Å²) in [5.74, 6) is 0.141. The number of carbonyl (C=O) groups is 1. The first-order valence-corrected chi connectivity index (χ1v) is 12.3. The maximum Gasteiger partial charge on any atom is 1.00 e. The molecule has 7 heteroatoms. The number of benzene rings is 1. The van der Waals surface area contributed by atoms with Gasteiger partial charge in [0, 0.05) is 40.0 Å². The zero-order valence-electron chi connectivity index (χ0n) is 18.3. The molecule has 0 unspecified atom stereocenters. The summed E-state index contributed by atoms with van der Waals surface area (Å²) in [7, 11) is 0. The average molecular weight is 463 g/mol. The molecular formula is C24H27N2NaO2S2. The first-order chi connectivity index (χ1) is 14.6. The molecule has 1 aromatic carbocycles. The Morgan fingerprint density at radius 3 is 2.45 bits per heavy atom. The molecule has 31 heavy (non-hydrogen) atoms. The van der Waals surface area contributed by atoms with Crippen LogP contribution in [-0.2, 0) is 11.3 Å². The van der Waals surface area contributed by atoms with Crippen LogP contribution in [0.2, 0.25) is 0 Å². The normalized spacial score (nSPS) is 18.4. The van der Waals surface area contributed by atoms with Crippen molar-refractivity contribution in [2.45, 2.75) is 57.4 Å². The summed E-state index contributed by atoms with van der Waals surface area (Å²) in [6.45, 7) is 3.21. The Bertz CT molecular complexity index is 965. The number of carbonyl (C=O) groups excluding carboxylic acids is 1. The van der Waals surface area contributed by atoms with Gasteiger partial charge in [0.15, 0.2) is 5.13 Å². The first kappa shape index (κ1) is 24.5. The molecule has 1 aliphatic rings. The molecule has 0 N–H and O–H groups in total. The summed E-state index contributed by atoms with van der Waals surface area (Å²) in [6, 6.07) is 15.0. The summed E-state index contributed by atoms with van der Waals surface area (Å²) < 4.78 is 0. The number of hydrogen-bond acceptors (Lipinski definition) is 6. The third-order valence-corrected chi connectivity index (χ3v) is 7.83. The van der Waals surface area contributed by atoms with Crippen molar-refractivity contribution in [2.24, 2.45) is 0 Å². The number of nitrogens with zero attached hydrogens (tertiary/aromatic N) is 2. The second kappa shape index (κ2) is 11.6. The predicted molar refractivity (Wildman–Crippen MR) is 122 cm³/mol. The van der Waals surface area contributed by atoms with Crippen LogP contribution in [0.3, 0.4) is 0 Å². The third kappa shape index (κ3) is 6.65. The minimum atomic E-state index is -1.02. The molecular weight excluding hydrogens is 435 g/mol. The van der Waals surface area contributed by atoms with E-state index in [2.05, 4.69) is 59.7 Å². The van der Waals surface area contributed by atoms with Crippen LogP contribution in [0, 0.1) is 6.92 Å². The van der Waals surface area contributed by atoms with Crippen molar-refractivity contribution in [3.8, 4) is 0 Å². The van der Waals surface area contributed by atoms with Crippen LogP contribution >= 0.6 is 22.7 Å². The van der Waals surface area contributed by atoms with Gasteiger partial charge in [-0.1, -0.05) is 30.3 Å². The molecule has 0 spiro atoms. The summed E-state index contributed by atoms with van der Waals surface area (Å²) in [5.41, 5.74) is 2.62. The molecule has 0 radical (unpaired) electrons. The number of carboxylic acids is 1. The first-order valence-electron chi connectivity index (χ1n) is 10.6. The standard InChI is InChI=1S/C24H28N2O2S2.Na/c1-17-7-12-21(30-17)15-26(14-13-23(27)28)24-25-22(16-29-24)20-10-8-19(9-11-20)18-5-3-2-4-6-18;/h2-7,12,16,19-20H,8-11,13-15H2,1H3,(H,27,28);/q;+1/p-1. The van der Waals surface area contributed by atoms with Crippen molar-refractivity contribution in [1.82, 2.24) is 4.98 Å². The Balaban J connectivity index is 0.00000272. The molecule has 2 aromatic heterocycles. The molecule has 4 rings (SSSR count). The van der Waals surface area contributed by atoms with Gasteiger partial charge < -0.3 is 14.8 Å². The third-order valence-electron chi connectivity index (χ3n) is 5.93. The number of carboxylic acid groups (broad SMARTS) is 1. The maximum atomic E-state index is 11.0. The molecule has 1 aliphatic carbocycles. The van der Waals surface area contributed by atoms with Crippen LogP contribution in [0.5, 0.6) is 0 Å². The fraction of sp³-hybridized carbons (Fsp3) is 0.417. The number of aliphatic carboxylic acids is 1. The summed E-state index contributed by atoms with van der Waals surface area (Å²) in [5, 5.41) is 14.1. The zero-order chi connectivity index (χ0) is 20.9. The van der Waals surface area contributed by atoms with Gasteiger partial charge in [-0.15, -0.1) is 22.7 Å². The Labute approximate surface area is 214 Å². The molecule has 0 aliphatic heterocycles. The van der Waals surface area contributed by atoms with Gasteiger partial charge in [0.05, 0.1) is 12.2 Å². The van der Waals surface area contributed by atoms with E-state index < -0.39 is 5.97 Å². The van der Waals surface area contributed by atoms with Gasteiger partial charge in [0.2, 0.25) is 0 Å². The van der Waals surface area contributed by atoms with E-state index in [-0.39, 0.29) is 36.0 Å². The molecule has 0 atom stereocenters. The molecule has 1 saturated carbocycles. The van der Waals surface area contributed by atoms with Crippen LogP contribution in [0.4, 0.5) is 5.13 Å². The van der Waals surface area contributed by atoms with E-state index in [0.29, 0.717) is 24.9 Å². The van der Waals surface area contributed by atoms with E-state index in [1.807, 2.05) is 0 Å². The molecule has 3 aromatic rings. The van der Waals surface area contributed by atoms with E-state index in [0.717, 1.165) is 18.0 Å². The number of aromatic nitrogens is 1. The van der Waals surface area contributed by atoms with Crippen molar-refractivity contribution >= 4 is 33.8 Å².